The van der Waals surface area contributed by atoms with Gasteiger partial charge < -0.3 is 14.7 Å². The molecule has 1 fully saturated rings. The quantitative estimate of drug-likeness (QED) is 0.376. The van der Waals surface area contributed by atoms with Crippen molar-refractivity contribution in [2.24, 2.45) is 0 Å². The number of benzene rings is 1. The van der Waals surface area contributed by atoms with Gasteiger partial charge in [-0.2, -0.15) is 5.10 Å². The van der Waals surface area contributed by atoms with Gasteiger partial charge in [-0.15, -0.1) is 11.3 Å². The molecule has 2 aliphatic heterocycles. The molecule has 0 saturated heterocycles. The summed E-state index contributed by atoms with van der Waals surface area (Å²) in [6, 6.07) is 8.79. The average molecular weight is 545 g/mol. The minimum absolute atomic E-state index is 0.000328. The van der Waals surface area contributed by atoms with E-state index in [2.05, 4.69) is 25.3 Å². The van der Waals surface area contributed by atoms with Gasteiger partial charge in [0.15, 0.2) is 17.2 Å². The molecule has 3 aromatic heterocycles. The van der Waals surface area contributed by atoms with Crippen molar-refractivity contribution >= 4 is 34.9 Å². The fraction of sp³-hybridized carbons (Fsp3) is 0.310. The Kier molecular flexibility index (Phi) is 5.22. The van der Waals surface area contributed by atoms with Crippen molar-refractivity contribution in [2.45, 2.75) is 44.6 Å². The number of amides is 1. The maximum Gasteiger partial charge on any atom is 0.335 e. The van der Waals surface area contributed by atoms with Crippen LogP contribution < -0.4 is 4.74 Å². The number of hydrogen-bond donors (Lipinski definition) is 1. The molecule has 1 N–H and O–H groups in total. The van der Waals surface area contributed by atoms with Gasteiger partial charge in [0.05, 0.1) is 23.0 Å². The molecule has 198 valence electrons. The highest BCUT2D eigenvalue weighted by molar-refractivity contribution is 7.10. The summed E-state index contributed by atoms with van der Waals surface area (Å²) in [5.41, 5.74) is 3.79. The van der Waals surface area contributed by atoms with E-state index < -0.39 is 11.8 Å². The number of aromatic nitrogens is 3. The Morgan fingerprint density at radius 2 is 2.05 bits per heavy atom. The van der Waals surface area contributed by atoms with Crippen LogP contribution in [-0.2, 0) is 16.6 Å². The Hall–Kier alpha value is -4.05. The van der Waals surface area contributed by atoms with Gasteiger partial charge >= 0.3 is 5.97 Å². The van der Waals surface area contributed by atoms with Crippen LogP contribution in [0.2, 0.25) is 0 Å². The highest BCUT2D eigenvalue weighted by atomic mass is 32.1. The molecule has 4 aromatic rings. The van der Waals surface area contributed by atoms with Crippen LogP contribution in [0.1, 0.15) is 64.9 Å². The molecular formula is C29H25FN4O4S. The van der Waals surface area contributed by atoms with Crippen LogP contribution in [0.3, 0.4) is 0 Å². The van der Waals surface area contributed by atoms with E-state index >= 15 is 4.39 Å². The van der Waals surface area contributed by atoms with E-state index in [-0.39, 0.29) is 40.9 Å². The van der Waals surface area contributed by atoms with Crippen molar-refractivity contribution in [3.8, 4) is 17.0 Å². The molecule has 1 aromatic carbocycles. The smallest absolute Gasteiger partial charge is 0.335 e. The number of nitrogens with zero attached hydrogens (tertiary/aromatic N) is 4. The van der Waals surface area contributed by atoms with E-state index in [0.717, 1.165) is 25.0 Å². The average Bonchev–Trinajstić information content (AvgIpc) is 3.31. The second kappa shape index (κ2) is 8.47. The van der Waals surface area contributed by atoms with Crippen molar-refractivity contribution in [2.75, 3.05) is 13.2 Å². The first-order valence-electron chi connectivity index (χ1n) is 12.9. The minimum Gasteiger partial charge on any atom is -0.485 e. The minimum atomic E-state index is -1.10. The molecule has 7 rings (SSSR count). The highest BCUT2D eigenvalue weighted by Crippen LogP contribution is 2.48. The Bertz CT molecular complexity index is 1730. The van der Waals surface area contributed by atoms with Gasteiger partial charge in [0.25, 0.3) is 5.91 Å². The van der Waals surface area contributed by atoms with Gasteiger partial charge in [0.2, 0.25) is 0 Å². The van der Waals surface area contributed by atoms with Crippen molar-refractivity contribution in [1.29, 1.82) is 0 Å². The molecule has 3 aliphatic rings. The monoisotopic (exact) mass is 544 g/mol. The predicted octanol–water partition coefficient (Wildman–Crippen LogP) is 5.27. The van der Waals surface area contributed by atoms with Gasteiger partial charge in [-0.25, -0.2) is 18.7 Å². The van der Waals surface area contributed by atoms with E-state index in [4.69, 9.17) is 14.8 Å². The summed E-state index contributed by atoms with van der Waals surface area (Å²) in [5.74, 6) is -1.83. The van der Waals surface area contributed by atoms with Gasteiger partial charge in [-0.3, -0.25) is 4.79 Å². The lowest BCUT2D eigenvalue weighted by Crippen LogP contribution is -2.38. The summed E-state index contributed by atoms with van der Waals surface area (Å²) in [4.78, 5) is 33.0. The molecule has 1 unspecified atom stereocenters. The van der Waals surface area contributed by atoms with Crippen LogP contribution in [-0.4, -0.2) is 49.6 Å². The standard InChI is InChI=1S/C29H25FN4O4S/c1-15-18-6-10-39-22(18)5-9-33(15)27(35)21-12-23(29(2)7-8-29)34-24(31-21)13-20(32-34)19-4-3-16-11-17(28(36)37)14-38-26(16)25(19)30/h3-4,6,10-13,15H,5,7-9,14H2,1-2H3,(H,36,37). The number of thiophene rings is 1. The largest absolute Gasteiger partial charge is 0.485 e. The van der Waals surface area contributed by atoms with Crippen LogP contribution in [0.4, 0.5) is 4.39 Å². The molecule has 10 heteroatoms. The number of rotatable bonds is 4. The van der Waals surface area contributed by atoms with E-state index in [1.807, 2.05) is 11.0 Å². The number of carboxylic acid groups (broad SMARTS) is 1. The SMILES string of the molecule is CC1c2ccsc2CCN1C(=O)c1cc(C2(C)CC2)n2nc(-c3ccc4c(c3F)OCC(C(=O)O)=C4)cc2n1. The Morgan fingerprint density at radius 3 is 2.82 bits per heavy atom. The van der Waals surface area contributed by atoms with Crippen molar-refractivity contribution in [3.05, 3.63) is 74.5 Å². The van der Waals surface area contributed by atoms with E-state index in [1.165, 1.54) is 16.5 Å². The Balaban J connectivity index is 1.30. The third-order valence-corrected chi connectivity index (χ3v) is 9.18. The lowest BCUT2D eigenvalue weighted by molar-refractivity contribution is -0.133. The van der Waals surface area contributed by atoms with Gasteiger partial charge in [0, 0.05) is 34.0 Å². The zero-order chi connectivity index (χ0) is 27.1. The summed E-state index contributed by atoms with van der Waals surface area (Å²) in [6.07, 6.45) is 4.18. The van der Waals surface area contributed by atoms with E-state index in [0.29, 0.717) is 29.1 Å². The van der Waals surface area contributed by atoms with Crippen molar-refractivity contribution in [1.82, 2.24) is 19.5 Å². The molecule has 5 heterocycles. The second-order valence-corrected chi connectivity index (χ2v) is 11.7. The van der Waals surface area contributed by atoms with Gasteiger partial charge in [-0.05, 0) is 61.4 Å². The fourth-order valence-electron chi connectivity index (χ4n) is 5.56. The first-order valence-corrected chi connectivity index (χ1v) is 13.8. The summed E-state index contributed by atoms with van der Waals surface area (Å²) >= 11 is 1.73. The summed E-state index contributed by atoms with van der Waals surface area (Å²) in [6.45, 7) is 4.61. The maximum absolute atomic E-state index is 15.6. The second-order valence-electron chi connectivity index (χ2n) is 10.7. The van der Waals surface area contributed by atoms with Gasteiger partial charge in [-0.1, -0.05) is 13.0 Å². The number of halogens is 1. The Labute approximate surface area is 227 Å². The van der Waals surface area contributed by atoms with Crippen LogP contribution in [0.15, 0.2) is 41.3 Å². The number of carbonyl (C=O) groups is 2. The van der Waals surface area contributed by atoms with Crippen LogP contribution in [0.5, 0.6) is 5.75 Å². The number of aliphatic carboxylic acids is 1. The Morgan fingerprint density at radius 1 is 1.23 bits per heavy atom. The molecule has 8 nitrogen and oxygen atoms in total. The zero-order valence-corrected chi connectivity index (χ0v) is 22.2. The highest BCUT2D eigenvalue weighted by Gasteiger charge is 2.43. The third-order valence-electron chi connectivity index (χ3n) is 8.18. The molecule has 0 spiro atoms. The van der Waals surface area contributed by atoms with Crippen LogP contribution in [0.25, 0.3) is 23.0 Å². The molecule has 1 saturated carbocycles. The summed E-state index contributed by atoms with van der Waals surface area (Å²) in [5, 5.41) is 16.0. The maximum atomic E-state index is 15.6. The van der Waals surface area contributed by atoms with E-state index in [1.54, 1.807) is 34.1 Å². The zero-order valence-electron chi connectivity index (χ0n) is 21.4. The predicted molar refractivity (Wildman–Crippen MR) is 144 cm³/mol. The molecular weight excluding hydrogens is 519 g/mol. The van der Waals surface area contributed by atoms with Crippen LogP contribution >= 0.6 is 11.3 Å². The van der Waals surface area contributed by atoms with Crippen molar-refractivity contribution < 1.29 is 23.8 Å². The summed E-state index contributed by atoms with van der Waals surface area (Å²) < 4.78 is 22.8. The third kappa shape index (κ3) is 3.76. The molecule has 39 heavy (non-hydrogen) atoms. The molecule has 1 aliphatic carbocycles. The molecule has 1 atom stereocenters. The van der Waals surface area contributed by atoms with Gasteiger partial charge in [0.1, 0.15) is 12.3 Å². The lowest BCUT2D eigenvalue weighted by Gasteiger charge is -2.33. The summed E-state index contributed by atoms with van der Waals surface area (Å²) in [7, 11) is 0. The topological polar surface area (TPSA) is 97.0 Å². The fourth-order valence-corrected chi connectivity index (χ4v) is 6.52. The normalized spacial score (nSPS) is 19.2. The first-order chi connectivity index (χ1) is 18.7. The number of ether oxygens (including phenoxy) is 1. The number of carbonyl (C=O) groups excluding carboxylic acids is 1. The molecule has 0 radical (unpaired) electrons. The number of carboxylic acids is 1. The van der Waals surface area contributed by atoms with Crippen LogP contribution in [0, 0.1) is 5.82 Å². The number of hydrogen-bond acceptors (Lipinski definition) is 6. The lowest BCUT2D eigenvalue weighted by atomic mass is 10.00. The first kappa shape index (κ1) is 24.0. The molecule has 0 bridgehead atoms. The van der Waals surface area contributed by atoms with E-state index in [9.17, 15) is 14.7 Å². The van der Waals surface area contributed by atoms with Crippen molar-refractivity contribution in [3.63, 3.8) is 0 Å². The molecule has 1 amide bonds. The number of fused-ring (bicyclic) bond motifs is 3.